The second-order valence-electron chi connectivity index (χ2n) is 1.22. The summed E-state index contributed by atoms with van der Waals surface area (Å²) in [5, 5.41) is 8.07. The molecule has 0 unspecified atom stereocenters. The maximum atomic E-state index is 8.07. The van der Waals surface area contributed by atoms with Crippen molar-refractivity contribution in [2.75, 3.05) is 20.8 Å². The van der Waals surface area contributed by atoms with Crippen LogP contribution in [0, 0.1) is 0 Å². The molecule has 0 bridgehead atoms. The van der Waals surface area contributed by atoms with Crippen molar-refractivity contribution in [1.29, 1.82) is 0 Å². The van der Waals surface area contributed by atoms with Crippen molar-refractivity contribution in [2.45, 2.75) is 0 Å². The Kier molecular flexibility index (Phi) is 15.0. The Morgan fingerprint density at radius 1 is 1.57 bits per heavy atom. The van der Waals surface area contributed by atoms with Crippen molar-refractivity contribution in [1.82, 2.24) is 4.90 Å². The first-order valence-corrected chi connectivity index (χ1v) is 3.01. The van der Waals surface area contributed by atoms with Crippen LogP contribution in [0.25, 0.3) is 0 Å². The van der Waals surface area contributed by atoms with Crippen molar-refractivity contribution in [3.63, 3.8) is 0 Å². The fraction of sp³-hybridized carbons (Fsp3) is 1.00. The Balaban J connectivity index is 0. The molecule has 4 heteroatoms. The van der Waals surface area contributed by atoms with Gasteiger partial charge in [-0.15, -0.1) is 0 Å². The van der Waals surface area contributed by atoms with Gasteiger partial charge in [-0.1, -0.05) is 0 Å². The molecule has 0 amide bonds. The molecule has 0 aromatic carbocycles. The number of hydrogen-bond acceptors (Lipinski definition) is 2. The van der Waals surface area contributed by atoms with Crippen LogP contribution in [0.3, 0.4) is 0 Å². The summed E-state index contributed by atoms with van der Waals surface area (Å²) in [7, 11) is 7.88. The first-order valence-electron chi connectivity index (χ1n) is 1.65. The first kappa shape index (κ1) is 10.6. The first-order chi connectivity index (χ1) is 3.27. The van der Waals surface area contributed by atoms with Crippen LogP contribution in [0.1, 0.15) is 0 Å². The molecule has 0 spiro atoms. The average Bonchev–Trinajstić information content (AvgIpc) is 1.73. The van der Waals surface area contributed by atoms with Gasteiger partial charge in [0.2, 0.25) is 0 Å². The summed E-state index contributed by atoms with van der Waals surface area (Å²) >= 11 is 3.35. The van der Waals surface area contributed by atoms with E-state index in [1.165, 1.54) is 0 Å². The molecule has 0 atom stereocenters. The van der Waals surface area contributed by atoms with Crippen molar-refractivity contribution < 1.29 is 19.7 Å². The van der Waals surface area contributed by atoms with E-state index in [0.29, 0.717) is 0 Å². The molecule has 0 saturated carbocycles. The third-order valence-electron chi connectivity index (χ3n) is 0.283. The van der Waals surface area contributed by atoms with E-state index in [-0.39, 0.29) is 6.73 Å². The summed E-state index contributed by atoms with van der Waals surface area (Å²) in [6, 6.07) is 0. The van der Waals surface area contributed by atoms with Crippen LogP contribution in [0.2, 0.25) is 0 Å². The topological polar surface area (TPSA) is 23.5 Å². The van der Waals surface area contributed by atoms with Crippen LogP contribution in [-0.2, 0) is 14.6 Å². The minimum atomic E-state index is 0.139. The van der Waals surface area contributed by atoms with E-state index in [4.69, 9.17) is 5.11 Å². The van der Waals surface area contributed by atoms with Crippen LogP contribution in [0.15, 0.2) is 0 Å². The number of aliphatic hydroxyl groups is 1. The van der Waals surface area contributed by atoms with Crippen molar-refractivity contribution in [3.05, 3.63) is 0 Å². The van der Waals surface area contributed by atoms with Crippen LogP contribution < -0.4 is 0 Å². The number of hydrogen-bond donors (Lipinski definition) is 1. The van der Waals surface area contributed by atoms with E-state index in [9.17, 15) is 0 Å². The van der Waals surface area contributed by atoms with Crippen molar-refractivity contribution in [2.24, 2.45) is 0 Å². The average molecular weight is 169 g/mol. The summed E-state index contributed by atoms with van der Waals surface area (Å²) in [5.41, 5.74) is 0. The van der Waals surface area contributed by atoms with Crippen LogP contribution >= 0.6 is 10.2 Å². The van der Waals surface area contributed by atoms with Gasteiger partial charge in [-0.25, -0.2) is 0 Å². The van der Waals surface area contributed by atoms with Crippen LogP contribution in [0.4, 0.5) is 0 Å². The SMILES string of the molecule is CN(C)CO.[Cl][Ni]. The van der Waals surface area contributed by atoms with Gasteiger partial charge in [-0.3, -0.25) is 4.90 Å². The zero-order chi connectivity index (χ0) is 6.28. The van der Waals surface area contributed by atoms with Crippen molar-refractivity contribution >= 4 is 10.2 Å². The third-order valence-corrected chi connectivity index (χ3v) is 0.283. The fourth-order valence-electron chi connectivity index (χ4n) is 0. The van der Waals surface area contributed by atoms with Gasteiger partial charge in [-0.2, -0.15) is 0 Å². The van der Waals surface area contributed by atoms with Gasteiger partial charge >= 0.3 is 24.8 Å². The second-order valence-corrected chi connectivity index (χ2v) is 1.22. The molecule has 49 valence electrons. The molecule has 0 saturated heterocycles. The molecule has 0 aliphatic heterocycles. The van der Waals surface area contributed by atoms with E-state index < -0.39 is 0 Å². The molecule has 0 aliphatic carbocycles. The molecule has 2 nitrogen and oxygen atoms in total. The Hall–Kier alpha value is 0.704. The van der Waals surface area contributed by atoms with Crippen LogP contribution in [0.5, 0.6) is 0 Å². The molecular weight excluding hydrogens is 160 g/mol. The van der Waals surface area contributed by atoms with Gasteiger partial charge < -0.3 is 5.11 Å². The minimum absolute atomic E-state index is 0.139. The Morgan fingerprint density at radius 3 is 1.71 bits per heavy atom. The number of nitrogens with zero attached hydrogens (tertiary/aromatic N) is 1. The molecular formula is C3H9ClNNiO. The predicted molar refractivity (Wildman–Crippen MR) is 26.6 cm³/mol. The number of aliphatic hydroxyl groups excluding tert-OH is 1. The van der Waals surface area contributed by atoms with Gasteiger partial charge in [-0.05, 0) is 14.1 Å². The van der Waals surface area contributed by atoms with Crippen LogP contribution in [-0.4, -0.2) is 30.8 Å². The quantitative estimate of drug-likeness (QED) is 0.447. The standard InChI is InChI=1S/C3H9NO.ClH.Ni/c1-4(2)3-5;;/h5H,3H2,1-2H3;1H;/q;;+1/p-1. The van der Waals surface area contributed by atoms with Gasteiger partial charge in [0.25, 0.3) is 0 Å². The number of rotatable bonds is 1. The van der Waals surface area contributed by atoms with E-state index in [1.807, 2.05) is 0 Å². The maximum absolute atomic E-state index is 8.07. The van der Waals surface area contributed by atoms with E-state index in [2.05, 4.69) is 24.8 Å². The molecule has 0 radical (unpaired) electrons. The van der Waals surface area contributed by atoms with Gasteiger partial charge in [0, 0.05) is 0 Å². The molecule has 0 rings (SSSR count). The van der Waals surface area contributed by atoms with E-state index >= 15 is 0 Å². The van der Waals surface area contributed by atoms with E-state index in [1.54, 1.807) is 19.0 Å². The van der Waals surface area contributed by atoms with Crippen molar-refractivity contribution in [3.8, 4) is 0 Å². The Morgan fingerprint density at radius 2 is 1.71 bits per heavy atom. The molecule has 0 aromatic rings. The summed E-state index contributed by atoms with van der Waals surface area (Å²) in [5.74, 6) is 0. The zero-order valence-electron chi connectivity index (χ0n) is 4.30. The van der Waals surface area contributed by atoms with E-state index in [0.717, 1.165) is 0 Å². The summed E-state index contributed by atoms with van der Waals surface area (Å²) < 4.78 is 0. The fourth-order valence-corrected chi connectivity index (χ4v) is 0. The number of halogens is 1. The summed E-state index contributed by atoms with van der Waals surface area (Å²) in [6.45, 7) is 0.139. The van der Waals surface area contributed by atoms with Gasteiger partial charge in [0.1, 0.15) is 0 Å². The molecule has 7 heavy (non-hydrogen) atoms. The zero-order valence-corrected chi connectivity index (χ0v) is 6.04. The second kappa shape index (κ2) is 9.86. The Labute approximate surface area is 56.1 Å². The predicted octanol–water partition coefficient (Wildman–Crippen LogP) is 0.185. The monoisotopic (exact) mass is 168 g/mol. The summed E-state index contributed by atoms with van der Waals surface area (Å²) in [6.07, 6.45) is 0. The molecule has 0 aliphatic rings. The molecule has 1 N–H and O–H groups in total. The van der Waals surface area contributed by atoms with Gasteiger partial charge in [0.15, 0.2) is 0 Å². The Bertz CT molecular complexity index is 28.9. The van der Waals surface area contributed by atoms with Gasteiger partial charge in [0.05, 0.1) is 6.73 Å². The normalized spacial score (nSPS) is 7.86. The molecule has 0 heterocycles. The summed E-state index contributed by atoms with van der Waals surface area (Å²) in [4.78, 5) is 1.68. The molecule has 0 fully saturated rings. The third kappa shape index (κ3) is 20.3. The molecule has 0 aromatic heterocycles.